The van der Waals surface area contributed by atoms with Gasteiger partial charge in [0.25, 0.3) is 0 Å². The van der Waals surface area contributed by atoms with Gasteiger partial charge in [-0.3, -0.25) is 12.2 Å². The van der Waals surface area contributed by atoms with E-state index in [4.69, 9.17) is 0 Å². The molecule has 0 N–H and O–H groups in total. The van der Waals surface area contributed by atoms with Crippen molar-refractivity contribution in [3.8, 4) is 11.1 Å². The summed E-state index contributed by atoms with van der Waals surface area (Å²) in [7, 11) is 0. The van der Waals surface area contributed by atoms with Crippen LogP contribution in [0.15, 0.2) is 78.4 Å². The molecule has 0 nitrogen and oxygen atoms in total. The molecule has 4 aliphatic rings. The standard InChI is InChI=1S/C23H21.C7H9.C7H6.2ClH.Zr/c1-22(2)7-5-14-10-18-16(12-20(14)22)9-17-13-21-15(11-19(17)18)6-8-23(21,3)4;1-6-3-4-7(2)5-6;1-7-5-3-2-4-6-7;;;/h5-7,10-13H,9H2,1-4H3;3,5,7H,1-2H3;1-6H;2*1H;/q2*-1;;;;+2/p-2. The van der Waals surface area contributed by atoms with Crippen molar-refractivity contribution in [2.75, 3.05) is 0 Å². The minimum atomic E-state index is 0. The van der Waals surface area contributed by atoms with Crippen LogP contribution < -0.4 is 24.8 Å². The summed E-state index contributed by atoms with van der Waals surface area (Å²) in [4.78, 5) is 0. The van der Waals surface area contributed by atoms with Gasteiger partial charge in [-0.1, -0.05) is 70.2 Å². The van der Waals surface area contributed by atoms with Gasteiger partial charge < -0.3 is 24.8 Å². The van der Waals surface area contributed by atoms with Crippen LogP contribution in [0, 0.1) is 18.1 Å². The van der Waals surface area contributed by atoms with Crippen LogP contribution in [0.3, 0.4) is 0 Å². The van der Waals surface area contributed by atoms with Crippen molar-refractivity contribution in [2.45, 2.75) is 58.8 Å². The average Bonchev–Trinajstić information content (AvgIpc) is 3.62. The Labute approximate surface area is 268 Å². The van der Waals surface area contributed by atoms with Crippen LogP contribution in [0.4, 0.5) is 0 Å². The third-order valence-corrected chi connectivity index (χ3v) is 8.73. The first kappa shape index (κ1) is 32.5. The molecule has 0 aromatic heterocycles. The van der Waals surface area contributed by atoms with Gasteiger partial charge in [0.15, 0.2) is 0 Å². The molecule has 1 atom stereocenters. The molecule has 40 heavy (non-hydrogen) atoms. The third kappa shape index (κ3) is 6.70. The molecule has 0 heterocycles. The molecule has 7 rings (SSSR count). The Balaban J connectivity index is 0.000000215. The molecule has 3 aromatic rings. The van der Waals surface area contributed by atoms with Crippen molar-refractivity contribution in [3.63, 3.8) is 0 Å². The molecule has 204 valence electrons. The first-order chi connectivity index (χ1) is 18.1. The molecule has 0 saturated carbocycles. The fraction of sp³-hybridized carbons (Fsp3) is 0.270. The molecule has 0 bridgehead atoms. The van der Waals surface area contributed by atoms with Crippen molar-refractivity contribution < 1.29 is 49.0 Å². The summed E-state index contributed by atoms with van der Waals surface area (Å²) < 4.78 is 2.17. The van der Waals surface area contributed by atoms with E-state index in [2.05, 4.69) is 130 Å². The summed E-state index contributed by atoms with van der Waals surface area (Å²) in [6.07, 6.45) is 18.7. The second kappa shape index (κ2) is 12.9. The van der Waals surface area contributed by atoms with Crippen LogP contribution in [0.5, 0.6) is 0 Å². The molecule has 0 fully saturated rings. The van der Waals surface area contributed by atoms with Crippen LogP contribution in [0.25, 0.3) is 23.3 Å². The van der Waals surface area contributed by atoms with E-state index in [1.807, 2.05) is 12.1 Å². The fourth-order valence-electron chi connectivity index (χ4n) is 5.70. The van der Waals surface area contributed by atoms with E-state index in [1.165, 1.54) is 79.9 Å². The average molecular weight is 643 g/mol. The number of fused-ring (bicyclic) bond motifs is 5. The summed E-state index contributed by atoms with van der Waals surface area (Å²) in [5.74, 6) is 0.556. The fourth-order valence-corrected chi connectivity index (χ4v) is 6.18. The number of halogens is 2. The van der Waals surface area contributed by atoms with Crippen molar-refractivity contribution >= 4 is 15.9 Å². The second-order valence-electron chi connectivity index (χ2n) is 11.9. The molecule has 0 radical (unpaired) electrons. The molecule has 4 aliphatic carbocycles. The van der Waals surface area contributed by atoms with E-state index in [-0.39, 0.29) is 35.6 Å². The normalized spacial score (nSPS) is 18.4. The third-order valence-electron chi connectivity index (χ3n) is 7.91. The SMILES string of the molecule is CC1(C)[C-]=Cc2cc3c(cc21)Cc1cc2c(cc1-3)C=CC2(C)C.CC1=CC(C)[C-]=C1.[Cl-].[Cl-].[Zr+2]=[CH]c1ccccc1. The van der Waals surface area contributed by atoms with Crippen molar-refractivity contribution in [3.05, 3.63) is 129 Å². The van der Waals surface area contributed by atoms with E-state index in [0.717, 1.165) is 6.42 Å². The van der Waals surface area contributed by atoms with E-state index in [1.54, 1.807) is 0 Å². The monoisotopic (exact) mass is 640 g/mol. The van der Waals surface area contributed by atoms with E-state index in [0.29, 0.717) is 5.92 Å². The minimum absolute atomic E-state index is 0. The van der Waals surface area contributed by atoms with Crippen molar-refractivity contribution in [1.82, 2.24) is 0 Å². The van der Waals surface area contributed by atoms with E-state index >= 15 is 0 Å². The molecule has 3 aromatic carbocycles. The summed E-state index contributed by atoms with van der Waals surface area (Å²) in [5, 5.41) is 0. The number of hydrogen-bond acceptors (Lipinski definition) is 0. The van der Waals surface area contributed by atoms with Gasteiger partial charge in [-0.2, -0.15) is 11.6 Å². The summed E-state index contributed by atoms with van der Waals surface area (Å²) in [5.41, 5.74) is 14.4. The second-order valence-corrected chi connectivity index (χ2v) is 12.6. The predicted molar refractivity (Wildman–Crippen MR) is 160 cm³/mol. The quantitative estimate of drug-likeness (QED) is 0.281. The molecule has 1 unspecified atom stereocenters. The maximum absolute atomic E-state index is 3.50. The molecule has 0 aliphatic heterocycles. The zero-order valence-electron chi connectivity index (χ0n) is 24.2. The van der Waals surface area contributed by atoms with Gasteiger partial charge in [0.1, 0.15) is 0 Å². The Morgan fingerprint density at radius 3 is 2.00 bits per heavy atom. The zero-order valence-corrected chi connectivity index (χ0v) is 28.2. The van der Waals surface area contributed by atoms with Gasteiger partial charge in [-0.25, -0.2) is 17.7 Å². The van der Waals surface area contributed by atoms with Crippen LogP contribution in [-0.4, -0.2) is 3.71 Å². The van der Waals surface area contributed by atoms with Gasteiger partial charge in [0.05, 0.1) is 0 Å². The molecule has 0 spiro atoms. The first-order valence-corrected chi connectivity index (χ1v) is 15.0. The van der Waals surface area contributed by atoms with Gasteiger partial charge in [0, 0.05) is 5.41 Å². The van der Waals surface area contributed by atoms with Crippen molar-refractivity contribution in [2.24, 2.45) is 5.92 Å². The van der Waals surface area contributed by atoms with Gasteiger partial charge in [-0.15, -0.1) is 18.6 Å². The first-order valence-electron chi connectivity index (χ1n) is 13.6. The number of hydrogen-bond donors (Lipinski definition) is 0. The van der Waals surface area contributed by atoms with Gasteiger partial charge in [0.2, 0.25) is 0 Å². The Hall–Kier alpha value is -2.05. The molecular weight excluding hydrogens is 607 g/mol. The summed E-state index contributed by atoms with van der Waals surface area (Å²) in [6.45, 7) is 13.4. The topological polar surface area (TPSA) is 0 Å². The Morgan fingerprint density at radius 1 is 0.850 bits per heavy atom. The Kier molecular flexibility index (Phi) is 10.4. The number of rotatable bonds is 1. The predicted octanol–water partition coefficient (Wildman–Crippen LogP) is 3.00. The summed E-state index contributed by atoms with van der Waals surface area (Å²) in [6, 6.07) is 20.0. The summed E-state index contributed by atoms with van der Waals surface area (Å²) >= 11 is 1.46. The number of benzene rings is 3. The Morgan fingerprint density at radius 2 is 1.48 bits per heavy atom. The van der Waals surface area contributed by atoms with Crippen LogP contribution >= 0.6 is 0 Å². The van der Waals surface area contributed by atoms with Crippen LogP contribution in [0.1, 0.15) is 80.5 Å². The van der Waals surface area contributed by atoms with Crippen LogP contribution in [-0.2, 0) is 41.5 Å². The number of allylic oxidation sites excluding steroid dienone is 6. The van der Waals surface area contributed by atoms with Crippen molar-refractivity contribution in [1.29, 1.82) is 0 Å². The van der Waals surface area contributed by atoms with Crippen LogP contribution in [0.2, 0.25) is 0 Å². The molecule has 0 amide bonds. The van der Waals surface area contributed by atoms with E-state index < -0.39 is 0 Å². The molecule has 3 heteroatoms. The molecular formula is C37H36Cl2Zr-2. The maximum atomic E-state index is 3.50. The van der Waals surface area contributed by atoms with Gasteiger partial charge >= 0.3 is 63.8 Å². The zero-order chi connectivity index (χ0) is 27.1. The molecule has 0 saturated heterocycles. The Bertz CT molecular complexity index is 1440. The van der Waals surface area contributed by atoms with E-state index in [9.17, 15) is 0 Å². The van der Waals surface area contributed by atoms with Gasteiger partial charge in [-0.05, 0) is 45.9 Å².